The second kappa shape index (κ2) is 4.09. The van der Waals surface area contributed by atoms with E-state index in [0.29, 0.717) is 0 Å². The molecule has 2 rings (SSSR count). The average molecular weight is 310 g/mol. The third kappa shape index (κ3) is 1.89. The van der Waals surface area contributed by atoms with Gasteiger partial charge >= 0.3 is 0 Å². The fourth-order valence-corrected chi connectivity index (χ4v) is 2.99. The first-order chi connectivity index (χ1) is 8.19. The van der Waals surface area contributed by atoms with Crippen LogP contribution in [-0.2, 0) is 0 Å². The van der Waals surface area contributed by atoms with Gasteiger partial charge in [-0.05, 0) is 35.4 Å². The zero-order chi connectivity index (χ0) is 13.7. The second-order valence-corrected chi connectivity index (χ2v) is 7.12. The molecule has 1 aliphatic carbocycles. The van der Waals surface area contributed by atoms with Gasteiger partial charge < -0.3 is 5.32 Å². The first-order valence-electron chi connectivity index (χ1n) is 6.25. The molecule has 0 aromatic heterocycles. The highest BCUT2D eigenvalue weighted by atomic mass is 79.9. The summed E-state index contributed by atoms with van der Waals surface area (Å²) in [6.45, 7) is 10.8. The lowest BCUT2D eigenvalue weighted by Gasteiger charge is -2.10. The quantitative estimate of drug-likeness (QED) is 0.881. The molecule has 2 nitrogen and oxygen atoms in total. The van der Waals surface area contributed by atoms with Gasteiger partial charge in [0.05, 0.1) is 0 Å². The number of nitrogens with one attached hydrogen (secondary N) is 1. The molecular formula is C15H20BrNO. The monoisotopic (exact) mass is 309 g/mol. The van der Waals surface area contributed by atoms with Crippen molar-refractivity contribution in [3.63, 3.8) is 0 Å². The molecule has 98 valence electrons. The lowest BCUT2D eigenvalue weighted by Crippen LogP contribution is -2.30. The maximum absolute atomic E-state index is 12.3. The number of amides is 1. The Morgan fingerprint density at radius 2 is 1.78 bits per heavy atom. The molecule has 1 aromatic carbocycles. The number of carbonyl (C=O) groups excluding carboxylic acids is 1. The van der Waals surface area contributed by atoms with Gasteiger partial charge in [-0.1, -0.05) is 49.7 Å². The minimum absolute atomic E-state index is 0.0254. The standard InChI is InChI=1S/C15H20BrNO/c1-9-10(7-6-8-11(9)16)12(18)17-13-14(2,3)15(13,4)5/h6-8,13H,1-5H3,(H,17,18). The summed E-state index contributed by atoms with van der Waals surface area (Å²) in [6.07, 6.45) is 0. The van der Waals surface area contributed by atoms with Crippen LogP contribution in [0.4, 0.5) is 0 Å². The normalized spacial score (nSPS) is 20.6. The van der Waals surface area contributed by atoms with Gasteiger partial charge in [-0.2, -0.15) is 0 Å². The number of carbonyl (C=O) groups is 1. The Hall–Kier alpha value is -0.830. The largest absolute Gasteiger partial charge is 0.348 e. The van der Waals surface area contributed by atoms with E-state index in [4.69, 9.17) is 0 Å². The van der Waals surface area contributed by atoms with Crippen LogP contribution >= 0.6 is 15.9 Å². The van der Waals surface area contributed by atoms with Crippen molar-refractivity contribution in [1.29, 1.82) is 0 Å². The zero-order valence-corrected chi connectivity index (χ0v) is 13.2. The molecule has 18 heavy (non-hydrogen) atoms. The van der Waals surface area contributed by atoms with Gasteiger partial charge in [0.15, 0.2) is 0 Å². The van der Waals surface area contributed by atoms with E-state index in [1.165, 1.54) is 0 Å². The third-order valence-corrected chi connectivity index (χ3v) is 5.67. The van der Waals surface area contributed by atoms with Crippen LogP contribution in [-0.4, -0.2) is 11.9 Å². The van der Waals surface area contributed by atoms with Gasteiger partial charge in [-0.15, -0.1) is 0 Å². The number of halogens is 1. The van der Waals surface area contributed by atoms with Crippen LogP contribution < -0.4 is 5.32 Å². The lowest BCUT2D eigenvalue weighted by molar-refractivity contribution is 0.0943. The highest BCUT2D eigenvalue weighted by Crippen LogP contribution is 2.62. The number of benzene rings is 1. The van der Waals surface area contributed by atoms with E-state index in [1.807, 2.05) is 25.1 Å². The van der Waals surface area contributed by atoms with Crippen molar-refractivity contribution in [2.75, 3.05) is 0 Å². The van der Waals surface area contributed by atoms with Crippen LogP contribution in [0.1, 0.15) is 43.6 Å². The second-order valence-electron chi connectivity index (χ2n) is 6.26. The zero-order valence-electron chi connectivity index (χ0n) is 11.6. The molecule has 3 heteroatoms. The molecule has 0 atom stereocenters. The molecule has 1 fully saturated rings. The van der Waals surface area contributed by atoms with Crippen molar-refractivity contribution in [3.05, 3.63) is 33.8 Å². The van der Waals surface area contributed by atoms with E-state index in [-0.39, 0.29) is 22.8 Å². The molecule has 1 saturated carbocycles. The van der Waals surface area contributed by atoms with Crippen molar-refractivity contribution < 1.29 is 4.79 Å². The van der Waals surface area contributed by atoms with Crippen molar-refractivity contribution in [1.82, 2.24) is 5.32 Å². The molecule has 1 aromatic rings. The number of hydrogen-bond donors (Lipinski definition) is 1. The van der Waals surface area contributed by atoms with Crippen molar-refractivity contribution >= 4 is 21.8 Å². The number of rotatable bonds is 2. The predicted octanol–water partition coefficient (Wildman–Crippen LogP) is 3.92. The predicted molar refractivity (Wildman–Crippen MR) is 77.7 cm³/mol. The summed E-state index contributed by atoms with van der Waals surface area (Å²) in [5.41, 5.74) is 2.08. The molecular weight excluding hydrogens is 290 g/mol. The first kappa shape index (κ1) is 13.6. The summed E-state index contributed by atoms with van der Waals surface area (Å²) in [6, 6.07) is 5.97. The van der Waals surface area contributed by atoms with Gasteiger partial charge in [0.1, 0.15) is 0 Å². The van der Waals surface area contributed by atoms with Crippen molar-refractivity contribution in [2.45, 2.75) is 40.7 Å². The molecule has 0 aliphatic heterocycles. The maximum Gasteiger partial charge on any atom is 0.251 e. The minimum atomic E-state index is 0.0254. The molecule has 0 unspecified atom stereocenters. The van der Waals surface area contributed by atoms with Gasteiger partial charge in [0.25, 0.3) is 5.91 Å². The Bertz CT molecular complexity index is 491. The van der Waals surface area contributed by atoms with E-state index in [1.54, 1.807) is 0 Å². The van der Waals surface area contributed by atoms with E-state index in [9.17, 15) is 4.79 Å². The summed E-state index contributed by atoms with van der Waals surface area (Å²) in [5.74, 6) is 0.0254. The van der Waals surface area contributed by atoms with Crippen LogP contribution in [0.2, 0.25) is 0 Å². The molecule has 0 bridgehead atoms. The summed E-state index contributed by atoms with van der Waals surface area (Å²) in [5, 5.41) is 3.16. The fourth-order valence-electron chi connectivity index (χ4n) is 2.62. The Morgan fingerprint density at radius 1 is 1.22 bits per heavy atom. The molecule has 1 aliphatic rings. The summed E-state index contributed by atoms with van der Waals surface area (Å²) < 4.78 is 0.976. The molecule has 0 spiro atoms. The number of hydrogen-bond acceptors (Lipinski definition) is 1. The SMILES string of the molecule is Cc1c(Br)cccc1C(=O)NC1C(C)(C)C1(C)C. The first-order valence-corrected chi connectivity index (χ1v) is 7.05. The van der Waals surface area contributed by atoms with Crippen LogP contribution in [0.5, 0.6) is 0 Å². The highest BCUT2D eigenvalue weighted by molar-refractivity contribution is 9.10. The van der Waals surface area contributed by atoms with E-state index < -0.39 is 0 Å². The lowest BCUT2D eigenvalue weighted by atomic mass is 10.0. The van der Waals surface area contributed by atoms with Gasteiger partial charge in [0, 0.05) is 16.1 Å². The minimum Gasteiger partial charge on any atom is -0.348 e. The Balaban J connectivity index is 2.18. The third-order valence-electron chi connectivity index (χ3n) is 4.81. The fraction of sp³-hybridized carbons (Fsp3) is 0.533. The van der Waals surface area contributed by atoms with E-state index in [2.05, 4.69) is 48.9 Å². The van der Waals surface area contributed by atoms with Crippen molar-refractivity contribution in [2.24, 2.45) is 10.8 Å². The summed E-state index contributed by atoms with van der Waals surface area (Å²) in [7, 11) is 0. The Kier molecular flexibility index (Phi) is 3.09. The topological polar surface area (TPSA) is 29.1 Å². The van der Waals surface area contributed by atoms with Crippen LogP contribution in [0.15, 0.2) is 22.7 Å². The van der Waals surface area contributed by atoms with Gasteiger partial charge in [-0.3, -0.25) is 4.79 Å². The molecule has 1 amide bonds. The van der Waals surface area contributed by atoms with Crippen LogP contribution in [0, 0.1) is 17.8 Å². The van der Waals surface area contributed by atoms with Gasteiger partial charge in [0.2, 0.25) is 0 Å². The molecule has 0 saturated heterocycles. The smallest absolute Gasteiger partial charge is 0.251 e. The highest BCUT2D eigenvalue weighted by Gasteiger charge is 2.65. The summed E-state index contributed by atoms with van der Waals surface area (Å²) >= 11 is 3.46. The Labute approximate surface area is 117 Å². The van der Waals surface area contributed by atoms with Crippen LogP contribution in [0.3, 0.4) is 0 Å². The average Bonchev–Trinajstić information content (AvgIpc) is 2.65. The van der Waals surface area contributed by atoms with Crippen molar-refractivity contribution in [3.8, 4) is 0 Å². The maximum atomic E-state index is 12.3. The molecule has 0 heterocycles. The molecule has 1 N–H and O–H groups in total. The van der Waals surface area contributed by atoms with Gasteiger partial charge in [-0.25, -0.2) is 0 Å². The summed E-state index contributed by atoms with van der Waals surface area (Å²) in [4.78, 5) is 12.3. The molecule has 0 radical (unpaired) electrons. The Morgan fingerprint density at radius 3 is 2.28 bits per heavy atom. The van der Waals surface area contributed by atoms with E-state index in [0.717, 1.165) is 15.6 Å². The van der Waals surface area contributed by atoms with E-state index >= 15 is 0 Å². The van der Waals surface area contributed by atoms with Crippen LogP contribution in [0.25, 0.3) is 0 Å².